The van der Waals surface area contributed by atoms with Crippen LogP contribution < -0.4 is 9.64 Å². The molecule has 4 saturated carbocycles. The van der Waals surface area contributed by atoms with Crippen molar-refractivity contribution in [3.8, 4) is 17.0 Å². The number of benzene rings is 1. The molecule has 1 aromatic carbocycles. The minimum atomic E-state index is -0.757. The number of rotatable bonds is 10. The van der Waals surface area contributed by atoms with Crippen molar-refractivity contribution in [1.29, 1.82) is 0 Å². The Morgan fingerprint density at radius 3 is 2.38 bits per heavy atom. The van der Waals surface area contributed by atoms with E-state index in [1.54, 1.807) is 13.3 Å². The molecule has 4 fully saturated rings. The van der Waals surface area contributed by atoms with E-state index in [1.807, 2.05) is 28.0 Å². The van der Waals surface area contributed by atoms with Crippen LogP contribution in [0.3, 0.4) is 0 Å². The maximum absolute atomic E-state index is 14.4. The van der Waals surface area contributed by atoms with E-state index in [2.05, 4.69) is 49.1 Å². The summed E-state index contributed by atoms with van der Waals surface area (Å²) in [6.07, 6.45) is 15.2. The van der Waals surface area contributed by atoms with Crippen molar-refractivity contribution in [3.63, 3.8) is 0 Å². The van der Waals surface area contributed by atoms with Crippen molar-refractivity contribution in [2.45, 2.75) is 103 Å². The van der Waals surface area contributed by atoms with Crippen molar-refractivity contribution in [1.82, 2.24) is 19.7 Å². The first-order valence-electron chi connectivity index (χ1n) is 16.7. The minimum absolute atomic E-state index is 0.0291. The van der Waals surface area contributed by atoms with Gasteiger partial charge in [0.05, 0.1) is 19.0 Å². The number of aromatic nitrogens is 4. The number of carboxylic acid groups (broad SMARTS) is 1. The molecule has 7 rings (SSSR count). The number of fused-ring (bicyclic) bond motifs is 3. The summed E-state index contributed by atoms with van der Waals surface area (Å²) in [5.74, 6) is 0.720. The van der Waals surface area contributed by atoms with Gasteiger partial charge in [-0.3, -0.25) is 19.2 Å². The van der Waals surface area contributed by atoms with Gasteiger partial charge < -0.3 is 9.84 Å². The van der Waals surface area contributed by atoms with Crippen LogP contribution in [0.25, 0.3) is 11.3 Å². The Bertz CT molecular complexity index is 1520. The molecule has 0 saturated heterocycles. The van der Waals surface area contributed by atoms with E-state index >= 15 is 0 Å². The van der Waals surface area contributed by atoms with Crippen molar-refractivity contribution < 1.29 is 19.4 Å². The van der Waals surface area contributed by atoms with Gasteiger partial charge in [0.25, 0.3) is 0 Å². The number of ether oxygens (including phenoxy) is 1. The SMILES string of the molecule is COc1ccc(C23CCC(CN(c4nccc(-c5cnn(C(C)C)c5)n4)C(=O)[C@H]4CC[C@H](CC(=O)O)CC4)(CC2)CC3)cc1C. The van der Waals surface area contributed by atoms with Gasteiger partial charge in [0.15, 0.2) is 0 Å². The molecule has 2 bridgehead atoms. The lowest BCUT2D eigenvalue weighted by Gasteiger charge is -2.55. The minimum Gasteiger partial charge on any atom is -0.496 e. The summed E-state index contributed by atoms with van der Waals surface area (Å²) in [4.78, 5) is 37.3. The van der Waals surface area contributed by atoms with E-state index in [0.717, 1.165) is 68.4 Å². The standard InChI is InChI=1S/C36H47N5O4/c1-24(2)41-22-28(21-38-41)30-11-18-37-34(39-30)40(33(44)27-7-5-26(6-8-27)20-32(42)43)23-35-12-15-36(16-13-35,17-14-35)29-9-10-31(45-4)25(3)19-29/h9-11,18-19,21-22,24,26-27H,5-8,12-17,20,23H2,1-4H3,(H,42,43)/t26-,27-,35?,36?. The molecule has 0 unspecified atom stereocenters. The quantitative estimate of drug-likeness (QED) is 0.259. The molecular formula is C36H47N5O4. The van der Waals surface area contributed by atoms with E-state index in [1.165, 1.54) is 11.1 Å². The maximum Gasteiger partial charge on any atom is 0.303 e. The molecular weight excluding hydrogens is 566 g/mol. The van der Waals surface area contributed by atoms with Crippen LogP contribution in [0.4, 0.5) is 5.95 Å². The van der Waals surface area contributed by atoms with Crippen LogP contribution >= 0.6 is 0 Å². The summed E-state index contributed by atoms with van der Waals surface area (Å²) in [6.45, 7) is 6.92. The summed E-state index contributed by atoms with van der Waals surface area (Å²) >= 11 is 0. The molecule has 0 aliphatic heterocycles. The van der Waals surface area contributed by atoms with Crippen molar-refractivity contribution >= 4 is 17.8 Å². The first-order chi connectivity index (χ1) is 21.6. The van der Waals surface area contributed by atoms with Gasteiger partial charge >= 0.3 is 5.97 Å². The molecule has 2 heterocycles. The number of aryl methyl sites for hydroxylation is 1. The fourth-order valence-corrected chi connectivity index (χ4v) is 8.20. The summed E-state index contributed by atoms with van der Waals surface area (Å²) < 4.78 is 7.44. The van der Waals surface area contributed by atoms with E-state index in [-0.39, 0.29) is 41.0 Å². The zero-order chi connectivity index (χ0) is 31.8. The van der Waals surface area contributed by atoms with Crippen LogP contribution in [-0.4, -0.2) is 50.4 Å². The van der Waals surface area contributed by atoms with Gasteiger partial charge in [0, 0.05) is 42.9 Å². The Morgan fingerprint density at radius 2 is 1.78 bits per heavy atom. The molecule has 1 amide bonds. The van der Waals surface area contributed by atoms with E-state index < -0.39 is 5.97 Å². The Kier molecular flexibility index (Phi) is 8.72. The normalized spacial score (nSPS) is 26.2. The average molecular weight is 614 g/mol. The van der Waals surface area contributed by atoms with Crippen molar-refractivity contribution in [3.05, 3.63) is 54.0 Å². The summed E-state index contributed by atoms with van der Waals surface area (Å²) in [5.41, 5.74) is 4.47. The maximum atomic E-state index is 14.4. The van der Waals surface area contributed by atoms with Gasteiger partial charge in [-0.25, -0.2) is 9.97 Å². The van der Waals surface area contributed by atoms with Gasteiger partial charge in [0.1, 0.15) is 5.75 Å². The number of carbonyl (C=O) groups excluding carboxylic acids is 1. The van der Waals surface area contributed by atoms with Crippen LogP contribution in [0.2, 0.25) is 0 Å². The number of methoxy groups -OCH3 is 1. The number of carboxylic acids is 1. The van der Waals surface area contributed by atoms with Gasteiger partial charge in [0.2, 0.25) is 11.9 Å². The smallest absolute Gasteiger partial charge is 0.303 e. The number of hydrogen-bond acceptors (Lipinski definition) is 6. The summed E-state index contributed by atoms with van der Waals surface area (Å²) in [5, 5.41) is 13.8. The van der Waals surface area contributed by atoms with E-state index in [9.17, 15) is 14.7 Å². The fourth-order valence-electron chi connectivity index (χ4n) is 8.20. The third kappa shape index (κ3) is 6.36. The fraction of sp³-hybridized carbons (Fsp3) is 0.583. The van der Waals surface area contributed by atoms with Gasteiger partial charge in [-0.05, 0) is 125 Å². The first-order valence-corrected chi connectivity index (χ1v) is 16.7. The molecule has 4 aliphatic rings. The molecule has 4 aliphatic carbocycles. The predicted molar refractivity (Wildman–Crippen MR) is 173 cm³/mol. The van der Waals surface area contributed by atoms with Gasteiger partial charge in [-0.15, -0.1) is 0 Å². The number of nitrogens with zero attached hydrogens (tertiary/aromatic N) is 5. The lowest BCUT2D eigenvalue weighted by molar-refractivity contribution is -0.138. The van der Waals surface area contributed by atoms with Crippen molar-refractivity contribution in [2.75, 3.05) is 18.6 Å². The Hall–Kier alpha value is -3.75. The molecule has 0 spiro atoms. The van der Waals surface area contributed by atoms with Gasteiger partial charge in [-0.1, -0.05) is 12.1 Å². The number of aliphatic carboxylic acids is 1. The second-order valence-corrected chi connectivity index (χ2v) is 14.2. The molecule has 0 atom stereocenters. The molecule has 45 heavy (non-hydrogen) atoms. The second-order valence-electron chi connectivity index (χ2n) is 14.2. The lowest BCUT2D eigenvalue weighted by Crippen LogP contribution is -2.52. The third-order valence-corrected chi connectivity index (χ3v) is 11.1. The summed E-state index contributed by atoms with van der Waals surface area (Å²) in [6, 6.07) is 8.79. The molecule has 240 valence electrons. The molecule has 9 heteroatoms. The zero-order valence-electron chi connectivity index (χ0n) is 27.2. The number of hydrogen-bond donors (Lipinski definition) is 1. The Labute approximate surface area is 266 Å². The molecule has 0 radical (unpaired) electrons. The largest absolute Gasteiger partial charge is 0.496 e. The van der Waals surface area contributed by atoms with Crippen LogP contribution in [0, 0.1) is 24.2 Å². The third-order valence-electron chi connectivity index (χ3n) is 11.1. The van der Waals surface area contributed by atoms with Crippen molar-refractivity contribution in [2.24, 2.45) is 17.3 Å². The zero-order valence-corrected chi connectivity index (χ0v) is 27.2. The first kappa shape index (κ1) is 31.2. The highest BCUT2D eigenvalue weighted by Gasteiger charge is 2.51. The Morgan fingerprint density at radius 1 is 1.07 bits per heavy atom. The number of anilines is 1. The topological polar surface area (TPSA) is 110 Å². The molecule has 1 N–H and O–H groups in total. The highest BCUT2D eigenvalue weighted by molar-refractivity contribution is 5.93. The molecule has 9 nitrogen and oxygen atoms in total. The monoisotopic (exact) mass is 613 g/mol. The average Bonchev–Trinajstić information content (AvgIpc) is 3.56. The van der Waals surface area contributed by atoms with Crippen LogP contribution in [-0.2, 0) is 15.0 Å². The van der Waals surface area contributed by atoms with Crippen LogP contribution in [0.5, 0.6) is 5.75 Å². The number of carbonyl (C=O) groups is 2. The van der Waals surface area contributed by atoms with Crippen LogP contribution in [0.1, 0.15) is 102 Å². The van der Waals surface area contributed by atoms with E-state index in [4.69, 9.17) is 9.72 Å². The molecule has 2 aromatic heterocycles. The lowest BCUT2D eigenvalue weighted by atomic mass is 9.51. The second kappa shape index (κ2) is 12.6. The highest BCUT2D eigenvalue weighted by atomic mass is 16.5. The molecule has 3 aromatic rings. The summed E-state index contributed by atoms with van der Waals surface area (Å²) in [7, 11) is 1.72. The number of amides is 1. The van der Waals surface area contributed by atoms with E-state index in [0.29, 0.717) is 25.3 Å². The predicted octanol–water partition coefficient (Wildman–Crippen LogP) is 7.14. The van der Waals surface area contributed by atoms with Gasteiger partial charge in [-0.2, -0.15) is 5.10 Å². The van der Waals surface area contributed by atoms with Crippen LogP contribution in [0.15, 0.2) is 42.9 Å². The Balaban J connectivity index is 1.25. The highest BCUT2D eigenvalue weighted by Crippen LogP contribution is 2.58.